The number of amides is 1. The maximum atomic E-state index is 10.9. The average Bonchev–Trinajstić information content (AvgIpc) is 2.10. The molecule has 0 aliphatic heterocycles. The molecule has 0 saturated heterocycles. The van der Waals surface area contributed by atoms with Crippen molar-refractivity contribution in [1.82, 2.24) is 5.32 Å². The summed E-state index contributed by atoms with van der Waals surface area (Å²) in [4.78, 5) is 21.2. The van der Waals surface area contributed by atoms with E-state index in [4.69, 9.17) is 9.84 Å². The van der Waals surface area contributed by atoms with Crippen LogP contribution in [0.1, 0.15) is 20.3 Å². The topological polar surface area (TPSA) is 75.6 Å². The Labute approximate surface area is 77.1 Å². The molecule has 5 nitrogen and oxygen atoms in total. The molecule has 13 heavy (non-hydrogen) atoms. The van der Waals surface area contributed by atoms with Crippen LogP contribution in [-0.2, 0) is 14.3 Å². The van der Waals surface area contributed by atoms with Crippen LogP contribution in [0.2, 0.25) is 0 Å². The number of rotatable bonds is 6. The fraction of sp³-hybridized carbons (Fsp3) is 0.750. The Hall–Kier alpha value is -1.10. The lowest BCUT2D eigenvalue weighted by Gasteiger charge is -2.07. The Morgan fingerprint density at radius 3 is 2.62 bits per heavy atom. The molecule has 0 aromatic rings. The summed E-state index contributed by atoms with van der Waals surface area (Å²) in [7, 11) is 0. The lowest BCUT2D eigenvalue weighted by Crippen LogP contribution is -2.31. The van der Waals surface area contributed by atoms with E-state index in [1.165, 1.54) is 6.92 Å². The third-order valence-corrected chi connectivity index (χ3v) is 1.38. The van der Waals surface area contributed by atoms with E-state index in [2.05, 4.69) is 5.32 Å². The number of hydrogen-bond donors (Lipinski definition) is 2. The van der Waals surface area contributed by atoms with E-state index in [1.54, 1.807) is 0 Å². The summed E-state index contributed by atoms with van der Waals surface area (Å²) in [6, 6.07) is 0. The SMILES string of the molecule is CCCNC(=O)CO[C@@H](C)C(=O)O. The third-order valence-electron chi connectivity index (χ3n) is 1.38. The minimum atomic E-state index is -1.07. The van der Waals surface area contributed by atoms with Crippen LogP contribution >= 0.6 is 0 Å². The van der Waals surface area contributed by atoms with E-state index in [-0.39, 0.29) is 12.5 Å². The molecule has 0 aromatic carbocycles. The first-order valence-electron chi connectivity index (χ1n) is 4.19. The minimum absolute atomic E-state index is 0.201. The molecule has 1 atom stereocenters. The van der Waals surface area contributed by atoms with E-state index >= 15 is 0 Å². The van der Waals surface area contributed by atoms with E-state index in [1.807, 2.05) is 6.92 Å². The van der Waals surface area contributed by atoms with Gasteiger partial charge < -0.3 is 15.2 Å². The van der Waals surface area contributed by atoms with Crippen molar-refractivity contribution in [3.05, 3.63) is 0 Å². The highest BCUT2D eigenvalue weighted by Gasteiger charge is 2.12. The van der Waals surface area contributed by atoms with Gasteiger partial charge >= 0.3 is 5.97 Å². The van der Waals surface area contributed by atoms with Gasteiger partial charge in [0.1, 0.15) is 6.61 Å². The van der Waals surface area contributed by atoms with Gasteiger partial charge in [0.05, 0.1) is 0 Å². The molecule has 0 aliphatic rings. The molecular weight excluding hydrogens is 174 g/mol. The highest BCUT2D eigenvalue weighted by Crippen LogP contribution is 1.89. The molecular formula is C8H15NO4. The first-order valence-corrected chi connectivity index (χ1v) is 4.19. The van der Waals surface area contributed by atoms with E-state index < -0.39 is 12.1 Å². The van der Waals surface area contributed by atoms with Crippen molar-refractivity contribution in [1.29, 1.82) is 0 Å². The number of nitrogens with one attached hydrogen (secondary N) is 1. The van der Waals surface area contributed by atoms with Crippen LogP contribution in [0.4, 0.5) is 0 Å². The molecule has 5 heteroatoms. The zero-order chi connectivity index (χ0) is 10.3. The van der Waals surface area contributed by atoms with Gasteiger partial charge in [0.25, 0.3) is 0 Å². The molecule has 0 rings (SSSR count). The van der Waals surface area contributed by atoms with Crippen LogP contribution < -0.4 is 5.32 Å². The largest absolute Gasteiger partial charge is 0.479 e. The third kappa shape index (κ3) is 6.10. The highest BCUT2D eigenvalue weighted by atomic mass is 16.5. The smallest absolute Gasteiger partial charge is 0.332 e. The number of aliphatic carboxylic acids is 1. The van der Waals surface area contributed by atoms with Crippen LogP contribution in [0.25, 0.3) is 0 Å². The first-order chi connectivity index (χ1) is 6.07. The van der Waals surface area contributed by atoms with Gasteiger partial charge in [0.15, 0.2) is 6.10 Å². The lowest BCUT2D eigenvalue weighted by molar-refractivity contribution is -0.150. The van der Waals surface area contributed by atoms with Crippen molar-refractivity contribution in [2.75, 3.05) is 13.2 Å². The zero-order valence-electron chi connectivity index (χ0n) is 7.87. The lowest BCUT2D eigenvalue weighted by atomic mass is 10.4. The van der Waals surface area contributed by atoms with Gasteiger partial charge in [-0.2, -0.15) is 0 Å². The van der Waals surface area contributed by atoms with Crippen LogP contribution in [0, 0.1) is 0 Å². The van der Waals surface area contributed by atoms with E-state index in [9.17, 15) is 9.59 Å². The molecule has 0 spiro atoms. The summed E-state index contributed by atoms with van der Waals surface area (Å²) >= 11 is 0. The summed E-state index contributed by atoms with van der Waals surface area (Å²) in [5.74, 6) is -1.35. The molecule has 0 unspecified atom stereocenters. The van der Waals surface area contributed by atoms with Crippen molar-refractivity contribution in [3.63, 3.8) is 0 Å². The van der Waals surface area contributed by atoms with Gasteiger partial charge in [-0.1, -0.05) is 6.92 Å². The number of carbonyl (C=O) groups is 2. The van der Waals surface area contributed by atoms with Gasteiger partial charge in [-0.25, -0.2) is 4.79 Å². The van der Waals surface area contributed by atoms with Crippen molar-refractivity contribution >= 4 is 11.9 Å². The molecule has 0 heterocycles. The molecule has 0 aromatic heterocycles. The molecule has 1 amide bonds. The van der Waals surface area contributed by atoms with Crippen molar-refractivity contribution in [2.24, 2.45) is 0 Å². The predicted molar refractivity (Wildman–Crippen MR) is 46.4 cm³/mol. The van der Waals surface area contributed by atoms with Crippen LogP contribution in [0.5, 0.6) is 0 Å². The summed E-state index contributed by atoms with van der Waals surface area (Å²) in [5, 5.41) is 11.0. The van der Waals surface area contributed by atoms with Crippen LogP contribution in [0.15, 0.2) is 0 Å². The standard InChI is InChI=1S/C8H15NO4/c1-3-4-9-7(10)5-13-6(2)8(11)12/h6H,3-5H2,1-2H3,(H,9,10)(H,11,12)/t6-/m0/s1. The monoisotopic (exact) mass is 189 g/mol. The van der Waals surface area contributed by atoms with E-state index in [0.717, 1.165) is 6.42 Å². The minimum Gasteiger partial charge on any atom is -0.479 e. The summed E-state index contributed by atoms with van der Waals surface area (Å²) in [6.07, 6.45) is -0.0902. The van der Waals surface area contributed by atoms with Crippen molar-refractivity contribution in [2.45, 2.75) is 26.4 Å². The fourth-order valence-corrected chi connectivity index (χ4v) is 0.587. The van der Waals surface area contributed by atoms with Gasteiger partial charge in [0, 0.05) is 6.54 Å². The second-order valence-electron chi connectivity index (χ2n) is 2.64. The van der Waals surface area contributed by atoms with Gasteiger partial charge in [-0.05, 0) is 13.3 Å². The Morgan fingerprint density at radius 1 is 1.54 bits per heavy atom. The van der Waals surface area contributed by atoms with Gasteiger partial charge in [0.2, 0.25) is 5.91 Å². The van der Waals surface area contributed by atoms with Gasteiger partial charge in [-0.15, -0.1) is 0 Å². The fourth-order valence-electron chi connectivity index (χ4n) is 0.587. The number of carboxylic acid groups (broad SMARTS) is 1. The number of ether oxygens (including phenoxy) is 1. The average molecular weight is 189 g/mol. The zero-order valence-corrected chi connectivity index (χ0v) is 7.87. The van der Waals surface area contributed by atoms with Gasteiger partial charge in [-0.3, -0.25) is 4.79 Å². The van der Waals surface area contributed by atoms with Crippen molar-refractivity contribution < 1.29 is 19.4 Å². The molecule has 0 radical (unpaired) electrons. The molecule has 76 valence electrons. The number of carboxylic acids is 1. The second-order valence-corrected chi connectivity index (χ2v) is 2.64. The second kappa shape index (κ2) is 6.42. The Balaban J connectivity index is 3.52. The maximum Gasteiger partial charge on any atom is 0.332 e. The molecule has 0 fully saturated rings. The van der Waals surface area contributed by atoms with E-state index in [0.29, 0.717) is 6.54 Å². The first kappa shape index (κ1) is 11.9. The molecule has 2 N–H and O–H groups in total. The Morgan fingerprint density at radius 2 is 2.15 bits per heavy atom. The summed E-state index contributed by atoms with van der Waals surface area (Å²) in [6.45, 7) is 3.70. The number of carbonyl (C=O) groups excluding carboxylic acids is 1. The highest BCUT2D eigenvalue weighted by molar-refractivity contribution is 5.78. The normalized spacial score (nSPS) is 12.2. The Kier molecular flexibility index (Phi) is 5.88. The summed E-state index contributed by atoms with van der Waals surface area (Å²) in [5.41, 5.74) is 0. The quantitative estimate of drug-likeness (QED) is 0.616. The van der Waals surface area contributed by atoms with Crippen LogP contribution in [0.3, 0.4) is 0 Å². The maximum absolute atomic E-state index is 10.9. The molecule has 0 bridgehead atoms. The van der Waals surface area contributed by atoms with Crippen molar-refractivity contribution in [3.8, 4) is 0 Å². The van der Waals surface area contributed by atoms with Crippen LogP contribution in [-0.4, -0.2) is 36.2 Å². The Bertz CT molecular complexity index is 181. The summed E-state index contributed by atoms with van der Waals surface area (Å²) < 4.78 is 4.75. The predicted octanol–water partition coefficient (Wildman–Crippen LogP) is 0.00230. The molecule has 0 saturated carbocycles. The number of hydrogen-bond acceptors (Lipinski definition) is 3. The molecule has 0 aliphatic carbocycles.